The van der Waals surface area contributed by atoms with Gasteiger partial charge in [0, 0.05) is 12.1 Å². The fourth-order valence-corrected chi connectivity index (χ4v) is 3.10. The normalized spacial score (nSPS) is 33.1. The lowest BCUT2D eigenvalue weighted by molar-refractivity contribution is 0.126. The van der Waals surface area contributed by atoms with Crippen molar-refractivity contribution in [3.63, 3.8) is 0 Å². The van der Waals surface area contributed by atoms with Gasteiger partial charge in [-0.3, -0.25) is 0 Å². The van der Waals surface area contributed by atoms with Crippen molar-refractivity contribution in [3.8, 4) is 0 Å². The second kappa shape index (κ2) is 3.70. The van der Waals surface area contributed by atoms with Gasteiger partial charge in [-0.25, -0.2) is 0 Å². The van der Waals surface area contributed by atoms with Crippen molar-refractivity contribution in [2.45, 2.75) is 50.8 Å². The molecule has 2 saturated heterocycles. The number of hydrogen-bond donors (Lipinski definition) is 1. The van der Waals surface area contributed by atoms with Gasteiger partial charge in [-0.15, -0.1) is 5.10 Å². The molecule has 1 aromatic heterocycles. The third kappa shape index (κ3) is 1.57. The summed E-state index contributed by atoms with van der Waals surface area (Å²) in [6.07, 6.45) is 5.78. The van der Waals surface area contributed by atoms with Crippen LogP contribution < -0.4 is 4.90 Å². The fraction of sp³-hybridized carbons (Fsp3) is 0.667. The van der Waals surface area contributed by atoms with Gasteiger partial charge in [-0.05, 0) is 44.2 Å². The molecule has 86 valence electrons. The number of anilines is 1. The second-order valence-corrected chi connectivity index (χ2v) is 5.01. The van der Waals surface area contributed by atoms with Crippen molar-refractivity contribution in [2.24, 2.45) is 0 Å². The van der Waals surface area contributed by atoms with Crippen LogP contribution in [0.25, 0.3) is 0 Å². The van der Waals surface area contributed by atoms with Crippen molar-refractivity contribution in [3.05, 3.63) is 17.8 Å². The van der Waals surface area contributed by atoms with E-state index >= 15 is 0 Å². The Bertz CT molecular complexity index is 382. The lowest BCUT2D eigenvalue weighted by Crippen LogP contribution is -2.45. The second-order valence-electron chi connectivity index (χ2n) is 5.01. The van der Waals surface area contributed by atoms with Crippen LogP contribution in [0.1, 0.15) is 31.2 Å². The Morgan fingerprint density at radius 1 is 1.31 bits per heavy atom. The van der Waals surface area contributed by atoms with Crippen molar-refractivity contribution >= 4 is 5.82 Å². The zero-order valence-corrected chi connectivity index (χ0v) is 9.50. The molecule has 2 aliphatic heterocycles. The molecule has 0 spiro atoms. The van der Waals surface area contributed by atoms with Crippen LogP contribution in [-0.2, 0) is 0 Å². The topological polar surface area (TPSA) is 49.2 Å². The summed E-state index contributed by atoms with van der Waals surface area (Å²) in [4.78, 5) is 2.37. The van der Waals surface area contributed by atoms with Crippen molar-refractivity contribution in [1.29, 1.82) is 0 Å². The summed E-state index contributed by atoms with van der Waals surface area (Å²) in [6.45, 7) is 2.04. The number of nitrogens with zero attached hydrogens (tertiary/aromatic N) is 3. The molecule has 0 amide bonds. The molecule has 0 aliphatic carbocycles. The summed E-state index contributed by atoms with van der Waals surface area (Å²) >= 11 is 0. The number of rotatable bonds is 1. The van der Waals surface area contributed by atoms with Gasteiger partial charge in [0.25, 0.3) is 0 Å². The Labute approximate surface area is 95.3 Å². The van der Waals surface area contributed by atoms with Crippen LogP contribution in [0.3, 0.4) is 0 Å². The van der Waals surface area contributed by atoms with Gasteiger partial charge >= 0.3 is 0 Å². The fourth-order valence-electron chi connectivity index (χ4n) is 3.10. The first-order chi connectivity index (χ1) is 7.74. The zero-order valence-electron chi connectivity index (χ0n) is 9.50. The summed E-state index contributed by atoms with van der Waals surface area (Å²) in [5.74, 6) is 0.986. The largest absolute Gasteiger partial charge is 0.393 e. The molecule has 4 heteroatoms. The Hall–Kier alpha value is -1.16. The minimum atomic E-state index is -0.119. The maximum Gasteiger partial charge on any atom is 0.151 e. The number of aliphatic hydroxyl groups excluding tert-OH is 1. The van der Waals surface area contributed by atoms with E-state index in [0.29, 0.717) is 12.1 Å². The summed E-state index contributed by atoms with van der Waals surface area (Å²) in [5.41, 5.74) is 1.15. The smallest absolute Gasteiger partial charge is 0.151 e. The van der Waals surface area contributed by atoms with E-state index in [2.05, 4.69) is 21.2 Å². The molecular weight excluding hydrogens is 202 g/mol. The van der Waals surface area contributed by atoms with Crippen LogP contribution in [-0.4, -0.2) is 33.5 Å². The van der Waals surface area contributed by atoms with Crippen LogP contribution in [0.15, 0.2) is 12.3 Å². The predicted octanol–water partition coefficient (Wildman–Crippen LogP) is 1.28. The minimum absolute atomic E-state index is 0.119. The number of hydrogen-bond acceptors (Lipinski definition) is 4. The first-order valence-electron chi connectivity index (χ1n) is 6.00. The molecule has 4 nitrogen and oxygen atoms in total. The highest BCUT2D eigenvalue weighted by atomic mass is 16.3. The van der Waals surface area contributed by atoms with Gasteiger partial charge in [-0.1, -0.05) is 0 Å². The van der Waals surface area contributed by atoms with Gasteiger partial charge in [0.15, 0.2) is 5.82 Å². The summed E-state index contributed by atoms with van der Waals surface area (Å²) < 4.78 is 0. The molecule has 2 fully saturated rings. The van der Waals surface area contributed by atoms with E-state index in [9.17, 15) is 5.11 Å². The summed E-state index contributed by atoms with van der Waals surface area (Å²) in [6, 6.07) is 3.02. The number of aromatic nitrogens is 2. The highest BCUT2D eigenvalue weighted by molar-refractivity contribution is 5.44. The van der Waals surface area contributed by atoms with Gasteiger partial charge in [0.05, 0.1) is 12.3 Å². The Morgan fingerprint density at radius 2 is 2.00 bits per heavy atom. The SMILES string of the molecule is Cc1cnnc(N2C3CCC2CC(O)C3)c1. The van der Waals surface area contributed by atoms with Crippen LogP contribution in [0.4, 0.5) is 5.82 Å². The van der Waals surface area contributed by atoms with Gasteiger partial charge in [-0.2, -0.15) is 5.10 Å². The average molecular weight is 219 g/mol. The minimum Gasteiger partial charge on any atom is -0.393 e. The Balaban J connectivity index is 1.91. The zero-order chi connectivity index (χ0) is 11.1. The molecular formula is C12H17N3O. The van der Waals surface area contributed by atoms with Crippen LogP contribution in [0.5, 0.6) is 0 Å². The molecule has 1 N–H and O–H groups in total. The number of aryl methyl sites for hydroxylation is 1. The molecule has 3 heterocycles. The van der Waals surface area contributed by atoms with E-state index in [1.807, 2.05) is 6.92 Å². The standard InChI is InChI=1S/C12H17N3O/c1-8-4-12(14-13-7-8)15-9-2-3-10(15)6-11(16)5-9/h4,7,9-11,16H,2-3,5-6H2,1H3. The van der Waals surface area contributed by atoms with Gasteiger partial charge in [0.1, 0.15) is 0 Å². The van der Waals surface area contributed by atoms with Crippen LogP contribution >= 0.6 is 0 Å². The molecule has 3 rings (SSSR count). The number of piperidine rings is 1. The van der Waals surface area contributed by atoms with Gasteiger partial charge < -0.3 is 10.0 Å². The summed E-state index contributed by atoms with van der Waals surface area (Å²) in [7, 11) is 0. The molecule has 16 heavy (non-hydrogen) atoms. The highest BCUT2D eigenvalue weighted by Gasteiger charge is 2.40. The molecule has 0 radical (unpaired) electrons. The quantitative estimate of drug-likeness (QED) is 0.773. The van der Waals surface area contributed by atoms with Crippen molar-refractivity contribution in [2.75, 3.05) is 4.90 Å². The van der Waals surface area contributed by atoms with Crippen molar-refractivity contribution < 1.29 is 5.11 Å². The maximum absolute atomic E-state index is 9.75. The number of aliphatic hydroxyl groups is 1. The van der Waals surface area contributed by atoms with Crippen molar-refractivity contribution in [1.82, 2.24) is 10.2 Å². The predicted molar refractivity (Wildman–Crippen MR) is 61.3 cm³/mol. The van der Waals surface area contributed by atoms with E-state index in [4.69, 9.17) is 0 Å². The Kier molecular flexibility index (Phi) is 2.32. The maximum atomic E-state index is 9.75. The molecule has 0 saturated carbocycles. The van der Waals surface area contributed by atoms with Crippen LogP contribution in [0, 0.1) is 6.92 Å². The van der Waals surface area contributed by atoms with E-state index in [1.165, 1.54) is 12.8 Å². The van der Waals surface area contributed by atoms with E-state index in [0.717, 1.165) is 24.2 Å². The lowest BCUT2D eigenvalue weighted by atomic mass is 10.00. The molecule has 2 aliphatic rings. The Morgan fingerprint density at radius 3 is 2.62 bits per heavy atom. The number of fused-ring (bicyclic) bond motifs is 2. The molecule has 0 aromatic carbocycles. The first-order valence-corrected chi connectivity index (χ1v) is 6.00. The highest BCUT2D eigenvalue weighted by Crippen LogP contribution is 2.38. The van der Waals surface area contributed by atoms with E-state index in [-0.39, 0.29) is 6.10 Å². The molecule has 1 aromatic rings. The summed E-state index contributed by atoms with van der Waals surface area (Å²) in [5, 5.41) is 18.0. The lowest BCUT2D eigenvalue weighted by Gasteiger charge is -2.37. The van der Waals surface area contributed by atoms with E-state index in [1.54, 1.807) is 6.20 Å². The monoisotopic (exact) mass is 219 g/mol. The first kappa shape index (κ1) is 10.0. The van der Waals surface area contributed by atoms with Gasteiger partial charge in [0.2, 0.25) is 0 Å². The molecule has 2 bridgehead atoms. The third-order valence-electron chi connectivity index (χ3n) is 3.75. The van der Waals surface area contributed by atoms with E-state index < -0.39 is 0 Å². The average Bonchev–Trinajstić information content (AvgIpc) is 2.51. The molecule has 2 atom stereocenters. The van der Waals surface area contributed by atoms with Crippen LogP contribution in [0.2, 0.25) is 0 Å². The third-order valence-corrected chi connectivity index (χ3v) is 3.75. The molecule has 2 unspecified atom stereocenters.